The van der Waals surface area contributed by atoms with Crippen LogP contribution in [0.3, 0.4) is 0 Å². The number of methoxy groups -OCH3 is 2. The Morgan fingerprint density at radius 3 is 2.54 bits per heavy atom. The molecule has 0 radical (unpaired) electrons. The number of benzene rings is 1. The van der Waals surface area contributed by atoms with Gasteiger partial charge in [-0.25, -0.2) is 4.79 Å². The fraction of sp³-hybridized carbons (Fsp3) is 0.143. The molecule has 2 aromatic rings. The normalized spacial score (nSPS) is 10.9. The second-order valence-electron chi connectivity index (χ2n) is 4.59. The van der Waals surface area contributed by atoms with Crippen LogP contribution in [0, 0.1) is 11.3 Å². The first kappa shape index (κ1) is 17.3. The minimum Gasteiger partial charge on any atom is -0.495 e. The van der Waals surface area contributed by atoms with Gasteiger partial charge in [0.25, 0.3) is 10.1 Å². The number of nitrogens with two attached hydrogens (primary N) is 1. The zero-order valence-corrected chi connectivity index (χ0v) is 13.5. The van der Waals surface area contributed by atoms with Gasteiger partial charge in [0.2, 0.25) is 0 Å². The molecule has 126 valence electrons. The number of nitriles is 1. The van der Waals surface area contributed by atoms with E-state index >= 15 is 0 Å². The monoisotopic (exact) mass is 351 g/mol. The summed E-state index contributed by atoms with van der Waals surface area (Å²) in [6.45, 7) is 0. The SMILES string of the molecule is COC(=O)c1c(N)c(C#N)cn1-c1cc(S(=O)(=O)O)ccc1OC. The summed E-state index contributed by atoms with van der Waals surface area (Å²) in [4.78, 5) is 11.6. The van der Waals surface area contributed by atoms with Crippen molar-refractivity contribution in [2.45, 2.75) is 4.90 Å². The van der Waals surface area contributed by atoms with Crippen molar-refractivity contribution >= 4 is 21.8 Å². The maximum absolute atomic E-state index is 12.0. The van der Waals surface area contributed by atoms with Crippen molar-refractivity contribution in [3.63, 3.8) is 0 Å². The number of anilines is 1. The lowest BCUT2D eigenvalue weighted by Gasteiger charge is -2.13. The maximum Gasteiger partial charge on any atom is 0.357 e. The van der Waals surface area contributed by atoms with Gasteiger partial charge in [-0.05, 0) is 18.2 Å². The molecular weight excluding hydrogens is 338 g/mol. The van der Waals surface area contributed by atoms with Crippen molar-refractivity contribution in [2.75, 3.05) is 20.0 Å². The molecule has 0 unspecified atom stereocenters. The van der Waals surface area contributed by atoms with E-state index < -0.39 is 21.0 Å². The minimum atomic E-state index is -4.49. The number of carbonyl (C=O) groups is 1. The minimum absolute atomic E-state index is 0.00490. The summed E-state index contributed by atoms with van der Waals surface area (Å²) in [5, 5.41) is 9.11. The molecule has 9 nitrogen and oxygen atoms in total. The molecule has 0 aliphatic heterocycles. The molecule has 0 saturated carbocycles. The number of esters is 1. The number of hydrogen-bond donors (Lipinski definition) is 2. The molecule has 2 rings (SSSR count). The Hall–Kier alpha value is -3.03. The van der Waals surface area contributed by atoms with Gasteiger partial charge in [0.05, 0.1) is 36.1 Å². The predicted octanol–water partition coefficient (Wildman–Crippen LogP) is 0.973. The van der Waals surface area contributed by atoms with Crippen LogP contribution in [0.15, 0.2) is 29.3 Å². The summed E-state index contributed by atoms with van der Waals surface area (Å²) in [5.74, 6) is -0.639. The first-order valence-corrected chi connectivity index (χ1v) is 7.83. The molecule has 1 heterocycles. The van der Waals surface area contributed by atoms with E-state index in [-0.39, 0.29) is 28.4 Å². The summed E-state index contributed by atoms with van der Waals surface area (Å²) in [5.41, 5.74) is 5.58. The van der Waals surface area contributed by atoms with Gasteiger partial charge >= 0.3 is 5.97 Å². The van der Waals surface area contributed by atoms with E-state index in [4.69, 9.17) is 15.7 Å². The van der Waals surface area contributed by atoms with Crippen LogP contribution in [-0.2, 0) is 14.9 Å². The van der Waals surface area contributed by atoms with Crippen LogP contribution in [0.2, 0.25) is 0 Å². The smallest absolute Gasteiger partial charge is 0.357 e. The molecule has 0 spiro atoms. The van der Waals surface area contributed by atoms with Crippen molar-refractivity contribution < 1.29 is 27.2 Å². The van der Waals surface area contributed by atoms with Gasteiger partial charge in [-0.1, -0.05) is 0 Å². The number of hydrogen-bond acceptors (Lipinski definition) is 7. The van der Waals surface area contributed by atoms with Gasteiger partial charge in [-0.15, -0.1) is 0 Å². The third-order valence-electron chi connectivity index (χ3n) is 3.25. The Morgan fingerprint density at radius 1 is 1.38 bits per heavy atom. The number of nitrogen functional groups attached to an aromatic ring is 1. The molecule has 0 aliphatic carbocycles. The first-order chi connectivity index (χ1) is 11.2. The highest BCUT2D eigenvalue weighted by Crippen LogP contribution is 2.31. The van der Waals surface area contributed by atoms with Gasteiger partial charge in [0, 0.05) is 6.20 Å². The Kier molecular flexibility index (Phi) is 4.50. The van der Waals surface area contributed by atoms with Crippen molar-refractivity contribution in [3.05, 3.63) is 35.7 Å². The molecule has 1 aromatic carbocycles. The Morgan fingerprint density at radius 2 is 2.04 bits per heavy atom. The topological polar surface area (TPSA) is 145 Å². The van der Waals surface area contributed by atoms with Gasteiger partial charge in [-0.2, -0.15) is 13.7 Å². The van der Waals surface area contributed by atoms with Crippen LogP contribution >= 0.6 is 0 Å². The van der Waals surface area contributed by atoms with Gasteiger partial charge in [0.15, 0.2) is 5.69 Å². The van der Waals surface area contributed by atoms with Crippen LogP contribution in [0.5, 0.6) is 5.75 Å². The lowest BCUT2D eigenvalue weighted by molar-refractivity contribution is 0.0593. The summed E-state index contributed by atoms with van der Waals surface area (Å²) >= 11 is 0. The molecule has 0 aliphatic rings. The average molecular weight is 351 g/mol. The highest BCUT2D eigenvalue weighted by Gasteiger charge is 2.24. The summed E-state index contributed by atoms with van der Waals surface area (Å²) in [7, 11) is -2.02. The quantitative estimate of drug-likeness (QED) is 0.612. The van der Waals surface area contributed by atoms with E-state index in [1.54, 1.807) is 0 Å². The van der Waals surface area contributed by atoms with E-state index in [9.17, 15) is 17.8 Å². The van der Waals surface area contributed by atoms with Crippen molar-refractivity contribution in [1.82, 2.24) is 4.57 Å². The van der Waals surface area contributed by atoms with Crippen LogP contribution in [0.4, 0.5) is 5.69 Å². The molecule has 3 N–H and O–H groups in total. The fourth-order valence-electron chi connectivity index (χ4n) is 2.12. The Bertz CT molecular complexity index is 956. The zero-order valence-electron chi connectivity index (χ0n) is 12.7. The van der Waals surface area contributed by atoms with Crippen molar-refractivity contribution in [1.29, 1.82) is 5.26 Å². The highest BCUT2D eigenvalue weighted by molar-refractivity contribution is 7.85. The fourth-order valence-corrected chi connectivity index (χ4v) is 2.62. The number of rotatable bonds is 4. The molecular formula is C14H13N3O6S. The lowest BCUT2D eigenvalue weighted by atomic mass is 10.2. The Balaban J connectivity index is 2.85. The van der Waals surface area contributed by atoms with Gasteiger partial charge in [0.1, 0.15) is 11.8 Å². The predicted molar refractivity (Wildman–Crippen MR) is 82.6 cm³/mol. The van der Waals surface area contributed by atoms with Crippen LogP contribution in [0.25, 0.3) is 5.69 Å². The largest absolute Gasteiger partial charge is 0.495 e. The lowest BCUT2D eigenvalue weighted by Crippen LogP contribution is -2.12. The molecule has 10 heteroatoms. The Labute approximate surface area is 137 Å². The standard InChI is InChI=1S/C14H13N3O6S/c1-22-11-4-3-9(24(19,20)21)5-10(11)17-7-8(6-15)12(16)13(17)14(18)23-2/h3-5,7H,16H2,1-2H3,(H,19,20,21). The molecule has 1 aromatic heterocycles. The number of ether oxygens (including phenoxy) is 2. The zero-order chi connectivity index (χ0) is 18.1. The van der Waals surface area contributed by atoms with Crippen molar-refractivity contribution in [2.24, 2.45) is 0 Å². The second kappa shape index (κ2) is 6.23. The van der Waals surface area contributed by atoms with E-state index in [0.717, 1.165) is 19.2 Å². The van der Waals surface area contributed by atoms with E-state index in [2.05, 4.69) is 4.74 Å². The summed E-state index contributed by atoms with van der Waals surface area (Å²) in [6.07, 6.45) is 1.24. The van der Waals surface area contributed by atoms with Crippen LogP contribution in [-0.4, -0.2) is 37.7 Å². The number of carbonyl (C=O) groups excluding carboxylic acids is 1. The van der Waals surface area contributed by atoms with Gasteiger partial charge in [-0.3, -0.25) is 4.55 Å². The second-order valence-corrected chi connectivity index (χ2v) is 6.01. The number of aromatic nitrogens is 1. The maximum atomic E-state index is 12.0. The van der Waals surface area contributed by atoms with Gasteiger partial charge < -0.3 is 19.8 Å². The summed E-state index contributed by atoms with van der Waals surface area (Å²) < 4.78 is 42.9. The number of nitrogens with zero attached hydrogens (tertiary/aromatic N) is 2. The summed E-state index contributed by atoms with van der Waals surface area (Å²) in [6, 6.07) is 5.34. The molecule has 0 amide bonds. The highest BCUT2D eigenvalue weighted by atomic mass is 32.2. The van der Waals surface area contributed by atoms with Crippen molar-refractivity contribution in [3.8, 4) is 17.5 Å². The first-order valence-electron chi connectivity index (χ1n) is 6.39. The van der Waals surface area contributed by atoms with Crippen LogP contribution in [0.1, 0.15) is 16.1 Å². The van der Waals surface area contributed by atoms with Crippen LogP contribution < -0.4 is 10.5 Å². The molecule has 0 bridgehead atoms. The molecule has 0 saturated heterocycles. The third kappa shape index (κ3) is 2.90. The molecule has 0 fully saturated rings. The molecule has 24 heavy (non-hydrogen) atoms. The van der Waals surface area contributed by atoms with E-state index in [1.807, 2.05) is 6.07 Å². The van der Waals surface area contributed by atoms with E-state index in [1.165, 1.54) is 23.9 Å². The molecule has 0 atom stereocenters. The van der Waals surface area contributed by atoms with E-state index in [0.29, 0.717) is 0 Å². The average Bonchev–Trinajstić information content (AvgIpc) is 2.89. The third-order valence-corrected chi connectivity index (χ3v) is 4.10.